The lowest BCUT2D eigenvalue weighted by molar-refractivity contribution is 0.106. The summed E-state index contributed by atoms with van der Waals surface area (Å²) in [5, 5.41) is 4.88. The zero-order valence-corrected chi connectivity index (χ0v) is 16.4. The Morgan fingerprint density at radius 3 is 2.58 bits per heavy atom. The van der Waals surface area contributed by atoms with Crippen molar-refractivity contribution in [3.05, 3.63) is 17.3 Å². The molecule has 0 spiro atoms. The van der Waals surface area contributed by atoms with Crippen molar-refractivity contribution >= 4 is 27.4 Å². The van der Waals surface area contributed by atoms with Crippen LogP contribution in [0.4, 0.5) is 5.82 Å². The Balaban J connectivity index is 1.70. The number of hydrogen-bond donors (Lipinski definition) is 1. The normalized spacial score (nSPS) is 17.8. The first-order valence-electron chi connectivity index (χ1n) is 9.08. The van der Waals surface area contributed by atoms with Crippen LogP contribution >= 0.6 is 11.3 Å². The first-order valence-corrected chi connectivity index (χ1v) is 9.89. The van der Waals surface area contributed by atoms with Crippen molar-refractivity contribution < 1.29 is 0 Å². The lowest BCUT2D eigenvalue weighted by Crippen LogP contribution is -2.48. The van der Waals surface area contributed by atoms with Crippen LogP contribution in [-0.2, 0) is 6.42 Å². The highest BCUT2D eigenvalue weighted by Crippen LogP contribution is 2.31. The summed E-state index contributed by atoms with van der Waals surface area (Å²) in [4.78, 5) is 14.1. The van der Waals surface area contributed by atoms with Gasteiger partial charge in [-0.25, -0.2) is 9.97 Å². The van der Waals surface area contributed by atoms with Crippen molar-refractivity contribution in [2.45, 2.75) is 65.5 Å². The molecule has 0 unspecified atom stereocenters. The van der Waals surface area contributed by atoms with Gasteiger partial charge in [0, 0.05) is 29.5 Å². The molecule has 2 aromatic rings. The van der Waals surface area contributed by atoms with Crippen molar-refractivity contribution in [1.29, 1.82) is 0 Å². The SMILES string of the molecule is CC(C)Cc1cc2c(NC3CCN(C(C)(C)C)CC3)ncnc2s1. The molecular formula is C19H30N4S. The van der Waals surface area contributed by atoms with Gasteiger partial charge in [-0.15, -0.1) is 11.3 Å². The zero-order valence-electron chi connectivity index (χ0n) is 15.6. The Morgan fingerprint density at radius 2 is 1.96 bits per heavy atom. The Kier molecular flexibility index (Phi) is 5.11. The molecule has 1 aliphatic rings. The Hall–Kier alpha value is -1.20. The molecule has 1 saturated heterocycles. The van der Waals surface area contributed by atoms with Gasteiger partial charge in [0.25, 0.3) is 0 Å². The third kappa shape index (κ3) is 4.06. The van der Waals surface area contributed by atoms with Gasteiger partial charge in [-0.3, -0.25) is 4.90 Å². The van der Waals surface area contributed by atoms with E-state index in [4.69, 9.17) is 0 Å². The van der Waals surface area contributed by atoms with Crippen LogP contribution in [0, 0.1) is 5.92 Å². The fraction of sp³-hybridized carbons (Fsp3) is 0.684. The quantitative estimate of drug-likeness (QED) is 0.881. The number of nitrogens with one attached hydrogen (secondary N) is 1. The van der Waals surface area contributed by atoms with Crippen LogP contribution in [0.2, 0.25) is 0 Å². The summed E-state index contributed by atoms with van der Waals surface area (Å²) in [7, 11) is 0. The summed E-state index contributed by atoms with van der Waals surface area (Å²) in [5.41, 5.74) is 0.270. The van der Waals surface area contributed by atoms with Gasteiger partial charge in [-0.05, 0) is 52.0 Å². The minimum Gasteiger partial charge on any atom is -0.367 e. The molecule has 24 heavy (non-hydrogen) atoms. The molecule has 1 fully saturated rings. The second kappa shape index (κ2) is 6.96. The van der Waals surface area contributed by atoms with Gasteiger partial charge in [0.1, 0.15) is 17.0 Å². The van der Waals surface area contributed by atoms with Crippen LogP contribution in [0.1, 0.15) is 52.3 Å². The van der Waals surface area contributed by atoms with E-state index < -0.39 is 0 Å². The minimum atomic E-state index is 0.270. The molecule has 0 amide bonds. The maximum absolute atomic E-state index is 4.53. The molecule has 1 aliphatic heterocycles. The predicted molar refractivity (Wildman–Crippen MR) is 104 cm³/mol. The average molecular weight is 347 g/mol. The number of aromatic nitrogens is 2. The molecule has 3 rings (SSSR count). The van der Waals surface area contributed by atoms with E-state index in [1.54, 1.807) is 17.7 Å². The van der Waals surface area contributed by atoms with Crippen molar-refractivity contribution in [1.82, 2.24) is 14.9 Å². The van der Waals surface area contributed by atoms with Crippen LogP contribution in [-0.4, -0.2) is 39.5 Å². The van der Waals surface area contributed by atoms with Gasteiger partial charge in [-0.1, -0.05) is 13.8 Å². The Labute approximate surface area is 149 Å². The van der Waals surface area contributed by atoms with Crippen molar-refractivity contribution in [2.24, 2.45) is 5.92 Å². The lowest BCUT2D eigenvalue weighted by atomic mass is 9.98. The third-order valence-electron chi connectivity index (χ3n) is 4.77. The van der Waals surface area contributed by atoms with Gasteiger partial charge in [0.2, 0.25) is 0 Å². The first-order chi connectivity index (χ1) is 11.3. The Bertz CT molecular complexity index is 678. The molecule has 0 radical (unpaired) electrons. The molecule has 3 heterocycles. The van der Waals surface area contributed by atoms with Crippen molar-refractivity contribution in [2.75, 3.05) is 18.4 Å². The summed E-state index contributed by atoms with van der Waals surface area (Å²) >= 11 is 1.81. The molecule has 2 aromatic heterocycles. The topological polar surface area (TPSA) is 41.0 Å². The van der Waals surface area contributed by atoms with Gasteiger partial charge >= 0.3 is 0 Å². The number of thiophene rings is 1. The molecule has 4 nitrogen and oxygen atoms in total. The molecule has 0 bridgehead atoms. The standard InChI is InChI=1S/C19H30N4S/c1-13(2)10-15-11-16-17(20-12-21-18(16)24-15)22-14-6-8-23(9-7-14)19(3,4)5/h11-14H,6-10H2,1-5H3,(H,20,21,22). The van der Waals surface area contributed by atoms with E-state index in [2.05, 4.69) is 60.9 Å². The molecule has 0 atom stereocenters. The molecular weight excluding hydrogens is 316 g/mol. The number of nitrogens with zero attached hydrogens (tertiary/aromatic N) is 3. The molecule has 0 aliphatic carbocycles. The van der Waals surface area contributed by atoms with Crippen molar-refractivity contribution in [3.63, 3.8) is 0 Å². The number of hydrogen-bond acceptors (Lipinski definition) is 5. The van der Waals surface area contributed by atoms with E-state index >= 15 is 0 Å². The largest absolute Gasteiger partial charge is 0.367 e. The monoisotopic (exact) mass is 346 g/mol. The van der Waals surface area contributed by atoms with E-state index in [0.717, 1.165) is 30.2 Å². The van der Waals surface area contributed by atoms with Crippen LogP contribution < -0.4 is 5.32 Å². The van der Waals surface area contributed by atoms with Gasteiger partial charge in [0.15, 0.2) is 0 Å². The molecule has 1 N–H and O–H groups in total. The number of piperidine rings is 1. The molecule has 0 aromatic carbocycles. The molecule has 5 heteroatoms. The van der Waals surface area contributed by atoms with Gasteiger partial charge in [-0.2, -0.15) is 0 Å². The van der Waals surface area contributed by atoms with Crippen molar-refractivity contribution in [3.8, 4) is 0 Å². The summed E-state index contributed by atoms with van der Waals surface area (Å²) in [6.07, 6.45) is 5.16. The maximum Gasteiger partial charge on any atom is 0.138 e. The van der Waals surface area contributed by atoms with Crippen LogP contribution in [0.25, 0.3) is 10.2 Å². The number of rotatable bonds is 4. The second-order valence-corrected chi connectivity index (χ2v) is 9.44. The van der Waals surface area contributed by atoms with Crippen LogP contribution in [0.15, 0.2) is 12.4 Å². The third-order valence-corrected chi connectivity index (χ3v) is 5.84. The van der Waals surface area contributed by atoms with E-state index in [-0.39, 0.29) is 5.54 Å². The van der Waals surface area contributed by atoms with E-state index in [0.29, 0.717) is 12.0 Å². The van der Waals surface area contributed by atoms with Crippen LogP contribution in [0.5, 0.6) is 0 Å². The number of fused-ring (bicyclic) bond motifs is 1. The molecule has 0 saturated carbocycles. The minimum absolute atomic E-state index is 0.270. The van der Waals surface area contributed by atoms with Crippen LogP contribution in [0.3, 0.4) is 0 Å². The van der Waals surface area contributed by atoms with Gasteiger partial charge < -0.3 is 5.32 Å². The second-order valence-electron chi connectivity index (χ2n) is 8.33. The predicted octanol–water partition coefficient (Wildman–Crippen LogP) is 4.56. The van der Waals surface area contributed by atoms with E-state index in [1.165, 1.54) is 23.1 Å². The summed E-state index contributed by atoms with van der Waals surface area (Å²) < 4.78 is 0. The van der Waals surface area contributed by atoms with E-state index in [9.17, 15) is 0 Å². The Morgan fingerprint density at radius 1 is 1.25 bits per heavy atom. The average Bonchev–Trinajstić information content (AvgIpc) is 2.89. The maximum atomic E-state index is 4.53. The fourth-order valence-corrected chi connectivity index (χ4v) is 4.62. The lowest BCUT2D eigenvalue weighted by Gasteiger charge is -2.41. The van der Waals surface area contributed by atoms with E-state index in [1.807, 2.05) is 0 Å². The summed E-state index contributed by atoms with van der Waals surface area (Å²) in [6, 6.07) is 2.79. The zero-order chi connectivity index (χ0) is 17.3. The summed E-state index contributed by atoms with van der Waals surface area (Å²) in [6.45, 7) is 13.7. The highest BCUT2D eigenvalue weighted by Gasteiger charge is 2.27. The highest BCUT2D eigenvalue weighted by molar-refractivity contribution is 7.18. The smallest absolute Gasteiger partial charge is 0.138 e. The fourth-order valence-electron chi connectivity index (χ4n) is 3.41. The highest BCUT2D eigenvalue weighted by atomic mass is 32.1. The summed E-state index contributed by atoms with van der Waals surface area (Å²) in [5.74, 6) is 1.68. The number of likely N-dealkylation sites (tertiary alicyclic amines) is 1. The molecule has 132 valence electrons. The van der Waals surface area contributed by atoms with Gasteiger partial charge in [0.05, 0.1) is 5.39 Å². The first kappa shape index (κ1) is 17.6. The number of anilines is 1.